The highest BCUT2D eigenvalue weighted by molar-refractivity contribution is 7.16. The molecule has 0 aliphatic carbocycles. The van der Waals surface area contributed by atoms with E-state index in [-0.39, 0.29) is 11.9 Å². The van der Waals surface area contributed by atoms with Crippen LogP contribution < -0.4 is 0 Å². The van der Waals surface area contributed by atoms with E-state index in [1.807, 2.05) is 6.92 Å². The van der Waals surface area contributed by atoms with Crippen molar-refractivity contribution in [3.8, 4) is 0 Å². The van der Waals surface area contributed by atoms with Crippen LogP contribution in [0.2, 0.25) is 0 Å². The van der Waals surface area contributed by atoms with Gasteiger partial charge in [0.25, 0.3) is 0 Å². The number of ether oxygens (including phenoxy) is 2. The lowest BCUT2D eigenvalue weighted by atomic mass is 9.94. The minimum absolute atomic E-state index is 0.0103. The molecule has 2 atom stereocenters. The summed E-state index contributed by atoms with van der Waals surface area (Å²) in [4.78, 5) is 0. The molecule has 0 amide bonds. The average Bonchev–Trinajstić information content (AvgIpc) is 2.25. The SMILES string of the molecule is CCOC(CP)OC(CC)(CC)CC. The zero-order valence-electron chi connectivity index (χ0n) is 10.0. The van der Waals surface area contributed by atoms with Gasteiger partial charge in [0.05, 0.1) is 5.60 Å². The van der Waals surface area contributed by atoms with Gasteiger partial charge in [0.15, 0.2) is 6.29 Å². The molecule has 2 nitrogen and oxygen atoms in total. The zero-order valence-corrected chi connectivity index (χ0v) is 11.2. The van der Waals surface area contributed by atoms with Crippen molar-refractivity contribution in [2.24, 2.45) is 0 Å². The second-order valence-corrected chi connectivity index (χ2v) is 3.95. The minimum atomic E-state index is -0.0650. The first-order chi connectivity index (χ1) is 6.67. The summed E-state index contributed by atoms with van der Waals surface area (Å²) in [6.07, 6.45) is 3.93. The number of hydrogen-bond donors (Lipinski definition) is 0. The van der Waals surface area contributed by atoms with Gasteiger partial charge in [-0.1, -0.05) is 20.8 Å². The maximum absolute atomic E-state index is 6.03. The van der Waals surface area contributed by atoms with Crippen molar-refractivity contribution in [2.75, 3.05) is 12.8 Å². The first-order valence-electron chi connectivity index (χ1n) is 5.67. The summed E-state index contributed by atoms with van der Waals surface area (Å²) < 4.78 is 11.5. The molecule has 3 heteroatoms. The Labute approximate surface area is 90.9 Å². The second kappa shape index (κ2) is 7.62. The number of hydrogen-bond acceptors (Lipinski definition) is 2. The van der Waals surface area contributed by atoms with Crippen molar-refractivity contribution in [1.29, 1.82) is 0 Å². The summed E-state index contributed by atoms with van der Waals surface area (Å²) in [5.74, 6) is 0. The van der Waals surface area contributed by atoms with Crippen LogP contribution in [0.15, 0.2) is 0 Å². The van der Waals surface area contributed by atoms with Crippen LogP contribution in [0.25, 0.3) is 0 Å². The molecule has 0 saturated carbocycles. The fourth-order valence-electron chi connectivity index (χ4n) is 1.61. The van der Waals surface area contributed by atoms with Crippen LogP contribution in [0, 0.1) is 0 Å². The maximum Gasteiger partial charge on any atom is 0.161 e. The van der Waals surface area contributed by atoms with E-state index in [0.29, 0.717) is 6.61 Å². The molecular weight excluding hydrogens is 195 g/mol. The van der Waals surface area contributed by atoms with Crippen molar-refractivity contribution in [3.05, 3.63) is 0 Å². The fraction of sp³-hybridized carbons (Fsp3) is 1.00. The van der Waals surface area contributed by atoms with Crippen LogP contribution in [-0.4, -0.2) is 24.7 Å². The fourth-order valence-corrected chi connectivity index (χ4v) is 1.85. The van der Waals surface area contributed by atoms with E-state index in [2.05, 4.69) is 30.0 Å². The number of rotatable bonds is 8. The van der Waals surface area contributed by atoms with Gasteiger partial charge in [-0.2, -0.15) is 0 Å². The summed E-state index contributed by atoms with van der Waals surface area (Å²) in [5.41, 5.74) is 0.0103. The Morgan fingerprint density at radius 3 is 1.86 bits per heavy atom. The third kappa shape index (κ3) is 4.25. The van der Waals surface area contributed by atoms with E-state index < -0.39 is 0 Å². The molecule has 2 unspecified atom stereocenters. The third-order valence-corrected chi connectivity index (χ3v) is 3.24. The first-order valence-corrected chi connectivity index (χ1v) is 6.49. The average molecular weight is 220 g/mol. The predicted octanol–water partition coefficient (Wildman–Crippen LogP) is 3.21. The molecule has 0 saturated heterocycles. The van der Waals surface area contributed by atoms with Gasteiger partial charge in [-0.25, -0.2) is 0 Å². The molecule has 0 N–H and O–H groups in total. The highest BCUT2D eigenvalue weighted by Gasteiger charge is 2.28. The Morgan fingerprint density at radius 1 is 1.07 bits per heavy atom. The predicted molar refractivity (Wildman–Crippen MR) is 64.7 cm³/mol. The van der Waals surface area contributed by atoms with E-state index in [0.717, 1.165) is 25.4 Å². The standard InChI is InChI=1S/C11H25O2P/c1-5-11(6-2,7-3)13-10(9-14)12-8-4/h10H,5-9,14H2,1-4H3. The van der Waals surface area contributed by atoms with E-state index in [4.69, 9.17) is 9.47 Å². The van der Waals surface area contributed by atoms with E-state index in [9.17, 15) is 0 Å². The molecule has 0 rings (SSSR count). The van der Waals surface area contributed by atoms with E-state index in [1.54, 1.807) is 0 Å². The Hall–Kier alpha value is 0.350. The normalized spacial score (nSPS) is 14.4. The lowest BCUT2D eigenvalue weighted by molar-refractivity contribution is -0.201. The first kappa shape index (κ1) is 14.3. The van der Waals surface area contributed by atoms with Crippen LogP contribution in [0.3, 0.4) is 0 Å². The van der Waals surface area contributed by atoms with Crippen LogP contribution in [0.5, 0.6) is 0 Å². The third-order valence-electron chi connectivity index (χ3n) is 2.86. The molecule has 0 fully saturated rings. The van der Waals surface area contributed by atoms with Crippen LogP contribution in [0.1, 0.15) is 47.0 Å². The molecule has 0 aromatic carbocycles. The summed E-state index contributed by atoms with van der Waals surface area (Å²) in [6, 6.07) is 0. The van der Waals surface area contributed by atoms with Crippen LogP contribution in [0.4, 0.5) is 0 Å². The summed E-state index contributed by atoms with van der Waals surface area (Å²) in [5, 5.41) is 0. The molecule has 0 radical (unpaired) electrons. The van der Waals surface area contributed by atoms with Crippen molar-refractivity contribution in [1.82, 2.24) is 0 Å². The van der Waals surface area contributed by atoms with Gasteiger partial charge in [-0.3, -0.25) is 0 Å². The monoisotopic (exact) mass is 220 g/mol. The highest BCUT2D eigenvalue weighted by Crippen LogP contribution is 2.26. The van der Waals surface area contributed by atoms with Gasteiger partial charge in [0.1, 0.15) is 0 Å². The molecule has 0 aromatic rings. The van der Waals surface area contributed by atoms with E-state index >= 15 is 0 Å². The van der Waals surface area contributed by atoms with Gasteiger partial charge >= 0.3 is 0 Å². The highest BCUT2D eigenvalue weighted by atomic mass is 31.0. The molecule has 0 bridgehead atoms. The van der Waals surface area contributed by atoms with Crippen molar-refractivity contribution < 1.29 is 9.47 Å². The van der Waals surface area contributed by atoms with Crippen molar-refractivity contribution in [3.63, 3.8) is 0 Å². The van der Waals surface area contributed by atoms with Crippen LogP contribution >= 0.6 is 9.24 Å². The Kier molecular flexibility index (Phi) is 7.81. The summed E-state index contributed by atoms with van der Waals surface area (Å²) in [7, 11) is 2.68. The molecular formula is C11H25O2P. The van der Waals surface area contributed by atoms with Gasteiger partial charge in [0, 0.05) is 12.8 Å². The minimum Gasteiger partial charge on any atom is -0.353 e. The topological polar surface area (TPSA) is 18.5 Å². The Bertz CT molecular complexity index is 127. The second-order valence-electron chi connectivity index (χ2n) is 3.48. The van der Waals surface area contributed by atoms with Gasteiger partial charge in [-0.15, -0.1) is 9.24 Å². The molecule has 0 aliphatic rings. The molecule has 0 spiro atoms. The summed E-state index contributed by atoms with van der Waals surface area (Å²) in [6.45, 7) is 9.25. The van der Waals surface area contributed by atoms with Gasteiger partial charge in [-0.05, 0) is 26.2 Å². The molecule has 14 heavy (non-hydrogen) atoms. The molecule has 86 valence electrons. The lowest BCUT2D eigenvalue weighted by Gasteiger charge is -2.34. The van der Waals surface area contributed by atoms with Gasteiger partial charge < -0.3 is 9.47 Å². The quantitative estimate of drug-likeness (QED) is 0.462. The molecule has 0 aromatic heterocycles. The van der Waals surface area contributed by atoms with Crippen LogP contribution in [-0.2, 0) is 9.47 Å². The Balaban J connectivity index is 4.24. The van der Waals surface area contributed by atoms with Crippen molar-refractivity contribution >= 4 is 9.24 Å². The summed E-state index contributed by atoms with van der Waals surface area (Å²) >= 11 is 0. The molecule has 0 heterocycles. The zero-order chi connectivity index (χ0) is 11.0. The largest absolute Gasteiger partial charge is 0.353 e. The maximum atomic E-state index is 6.03. The van der Waals surface area contributed by atoms with Crippen molar-refractivity contribution in [2.45, 2.75) is 58.8 Å². The van der Waals surface area contributed by atoms with E-state index in [1.165, 1.54) is 0 Å². The molecule has 0 aliphatic heterocycles. The lowest BCUT2D eigenvalue weighted by Crippen LogP contribution is -2.37. The smallest absolute Gasteiger partial charge is 0.161 e. The Morgan fingerprint density at radius 2 is 1.57 bits per heavy atom. The van der Waals surface area contributed by atoms with Gasteiger partial charge in [0.2, 0.25) is 0 Å².